The van der Waals surface area contributed by atoms with E-state index in [2.05, 4.69) is 0 Å². The maximum Gasteiger partial charge on any atom is 0.246 e. The summed E-state index contributed by atoms with van der Waals surface area (Å²) in [7, 11) is -3.85. The quantitative estimate of drug-likeness (QED) is 0.861. The molecule has 2 rings (SSSR count). The highest BCUT2D eigenvalue weighted by Crippen LogP contribution is 2.27. The van der Waals surface area contributed by atoms with Gasteiger partial charge in [0.2, 0.25) is 10.0 Å². The Bertz CT molecular complexity index is 611. The van der Waals surface area contributed by atoms with Crippen molar-refractivity contribution >= 4 is 15.7 Å². The van der Waals surface area contributed by atoms with Gasteiger partial charge in [-0.3, -0.25) is 0 Å². The van der Waals surface area contributed by atoms with E-state index in [9.17, 15) is 12.8 Å². The Morgan fingerprint density at radius 3 is 2.57 bits per heavy atom. The molecule has 1 aromatic carbocycles. The van der Waals surface area contributed by atoms with Crippen LogP contribution in [0.25, 0.3) is 0 Å². The molecule has 0 saturated carbocycles. The van der Waals surface area contributed by atoms with Crippen molar-refractivity contribution in [1.29, 1.82) is 0 Å². The summed E-state index contributed by atoms with van der Waals surface area (Å²) in [6.45, 7) is 4.83. The first-order valence-electron chi connectivity index (χ1n) is 7.03. The number of nitrogen functional groups attached to an aromatic ring is 1. The van der Waals surface area contributed by atoms with Gasteiger partial charge in [-0.25, -0.2) is 12.8 Å². The summed E-state index contributed by atoms with van der Waals surface area (Å²) in [5, 5.41) is 0. The first-order valence-corrected chi connectivity index (χ1v) is 8.47. The first kappa shape index (κ1) is 16.2. The molecule has 2 N–H and O–H groups in total. The monoisotopic (exact) mass is 316 g/mol. The van der Waals surface area contributed by atoms with Gasteiger partial charge in [0.1, 0.15) is 10.7 Å². The number of piperidine rings is 1. The van der Waals surface area contributed by atoms with Crippen molar-refractivity contribution in [3.05, 3.63) is 23.5 Å². The summed E-state index contributed by atoms with van der Waals surface area (Å²) in [6.07, 6.45) is 1.32. The Morgan fingerprint density at radius 2 is 2.00 bits per heavy atom. The molecule has 5 nitrogen and oxygen atoms in total. The molecule has 1 heterocycles. The smallest absolute Gasteiger partial charge is 0.246 e. The molecule has 118 valence electrons. The topological polar surface area (TPSA) is 72.6 Å². The molecule has 0 aliphatic carbocycles. The first-order chi connectivity index (χ1) is 9.86. The SMILES string of the molecule is CCOC1CCN(S(=O)(=O)c2cc(N)c(C)cc2F)CC1. The average Bonchev–Trinajstić information content (AvgIpc) is 2.43. The Labute approximate surface area is 124 Å². The third-order valence-corrected chi connectivity index (χ3v) is 5.66. The molecule has 0 aromatic heterocycles. The molecule has 1 saturated heterocycles. The fourth-order valence-corrected chi connectivity index (χ4v) is 4.03. The van der Waals surface area contributed by atoms with Crippen molar-refractivity contribution in [3.8, 4) is 0 Å². The van der Waals surface area contributed by atoms with E-state index in [4.69, 9.17) is 10.5 Å². The van der Waals surface area contributed by atoms with Crippen molar-refractivity contribution in [3.63, 3.8) is 0 Å². The number of nitrogens with two attached hydrogens (primary N) is 1. The standard InChI is InChI=1S/C14H21FN2O3S/c1-3-20-11-4-6-17(7-5-11)21(18,19)14-9-13(16)10(2)8-12(14)15/h8-9,11H,3-7,16H2,1-2H3. The zero-order chi connectivity index (χ0) is 15.6. The molecule has 0 atom stereocenters. The lowest BCUT2D eigenvalue weighted by molar-refractivity contribution is 0.0290. The minimum atomic E-state index is -3.85. The van der Waals surface area contributed by atoms with Crippen LogP contribution in [-0.4, -0.2) is 38.5 Å². The van der Waals surface area contributed by atoms with Gasteiger partial charge < -0.3 is 10.5 Å². The van der Waals surface area contributed by atoms with Gasteiger partial charge >= 0.3 is 0 Å². The van der Waals surface area contributed by atoms with E-state index in [0.717, 1.165) is 6.07 Å². The number of hydrogen-bond donors (Lipinski definition) is 1. The van der Waals surface area contributed by atoms with Gasteiger partial charge in [0.05, 0.1) is 6.10 Å². The summed E-state index contributed by atoms with van der Waals surface area (Å²) in [5.41, 5.74) is 6.51. The predicted molar refractivity (Wildman–Crippen MR) is 79.0 cm³/mol. The Hall–Kier alpha value is -1.18. The Balaban J connectivity index is 2.22. The highest BCUT2D eigenvalue weighted by molar-refractivity contribution is 7.89. The molecule has 1 aromatic rings. The minimum absolute atomic E-state index is 0.0781. The van der Waals surface area contributed by atoms with E-state index in [-0.39, 0.29) is 16.7 Å². The lowest BCUT2D eigenvalue weighted by Crippen LogP contribution is -2.41. The number of anilines is 1. The molecule has 0 radical (unpaired) electrons. The second-order valence-corrected chi connectivity index (χ2v) is 7.10. The molecule has 1 fully saturated rings. The van der Waals surface area contributed by atoms with Crippen molar-refractivity contribution in [2.75, 3.05) is 25.4 Å². The zero-order valence-electron chi connectivity index (χ0n) is 12.3. The van der Waals surface area contributed by atoms with Crippen molar-refractivity contribution in [2.45, 2.75) is 37.7 Å². The van der Waals surface area contributed by atoms with E-state index < -0.39 is 15.8 Å². The van der Waals surface area contributed by atoms with Crippen LogP contribution in [-0.2, 0) is 14.8 Å². The molecule has 0 spiro atoms. The highest BCUT2D eigenvalue weighted by Gasteiger charge is 2.31. The van der Waals surface area contributed by atoms with Gasteiger partial charge in [-0.15, -0.1) is 0 Å². The van der Waals surface area contributed by atoms with Crippen LogP contribution in [0.1, 0.15) is 25.3 Å². The number of nitrogens with zero attached hydrogens (tertiary/aromatic N) is 1. The Kier molecular flexibility index (Phi) is 4.85. The lowest BCUT2D eigenvalue weighted by Gasteiger charge is -2.31. The van der Waals surface area contributed by atoms with Crippen molar-refractivity contribution in [1.82, 2.24) is 4.31 Å². The number of hydrogen-bond acceptors (Lipinski definition) is 4. The molecule has 0 bridgehead atoms. The fraction of sp³-hybridized carbons (Fsp3) is 0.571. The van der Waals surface area contributed by atoms with Gasteiger partial charge in [-0.05, 0) is 44.4 Å². The van der Waals surface area contributed by atoms with Crippen molar-refractivity contribution in [2.24, 2.45) is 0 Å². The normalized spacial score (nSPS) is 18.0. The predicted octanol–water partition coefficient (Wildman–Crippen LogP) is 1.91. The third-order valence-electron chi connectivity index (χ3n) is 3.74. The van der Waals surface area contributed by atoms with Crippen LogP contribution in [0, 0.1) is 12.7 Å². The molecule has 1 aliphatic heterocycles. The number of sulfonamides is 1. The molecule has 21 heavy (non-hydrogen) atoms. The number of halogens is 1. The van der Waals surface area contributed by atoms with E-state index in [0.29, 0.717) is 38.1 Å². The third kappa shape index (κ3) is 3.36. The summed E-state index contributed by atoms with van der Waals surface area (Å²) >= 11 is 0. The second kappa shape index (κ2) is 6.29. The molecular formula is C14H21FN2O3S. The number of aryl methyl sites for hydroxylation is 1. The van der Waals surface area contributed by atoms with Crippen molar-refractivity contribution < 1.29 is 17.5 Å². The van der Waals surface area contributed by atoms with Gasteiger partial charge in [-0.2, -0.15) is 4.31 Å². The summed E-state index contributed by atoms with van der Waals surface area (Å²) in [5.74, 6) is -0.756. The Morgan fingerprint density at radius 1 is 1.38 bits per heavy atom. The summed E-state index contributed by atoms with van der Waals surface area (Å²) in [6, 6.07) is 2.36. The minimum Gasteiger partial charge on any atom is -0.398 e. The maximum absolute atomic E-state index is 14.0. The second-order valence-electron chi connectivity index (χ2n) is 5.20. The van der Waals surface area contributed by atoms with Crippen LogP contribution < -0.4 is 5.73 Å². The van der Waals surface area contributed by atoms with Crippen LogP contribution in [0.15, 0.2) is 17.0 Å². The number of benzene rings is 1. The van der Waals surface area contributed by atoms with Gasteiger partial charge in [-0.1, -0.05) is 0 Å². The van der Waals surface area contributed by atoms with Gasteiger partial charge in [0.15, 0.2) is 0 Å². The van der Waals surface area contributed by atoms with Crippen LogP contribution >= 0.6 is 0 Å². The van der Waals surface area contributed by atoms with E-state index >= 15 is 0 Å². The number of ether oxygens (including phenoxy) is 1. The molecule has 0 amide bonds. The van der Waals surface area contributed by atoms with E-state index in [1.54, 1.807) is 6.92 Å². The van der Waals surface area contributed by atoms with Crippen LogP contribution in [0.4, 0.5) is 10.1 Å². The van der Waals surface area contributed by atoms with Crippen LogP contribution in [0.3, 0.4) is 0 Å². The van der Waals surface area contributed by atoms with E-state index in [1.807, 2.05) is 6.92 Å². The molecule has 7 heteroatoms. The van der Waals surface area contributed by atoms with Gasteiger partial charge in [0.25, 0.3) is 0 Å². The largest absolute Gasteiger partial charge is 0.398 e. The number of rotatable bonds is 4. The van der Waals surface area contributed by atoms with Gasteiger partial charge in [0, 0.05) is 25.4 Å². The highest BCUT2D eigenvalue weighted by atomic mass is 32.2. The van der Waals surface area contributed by atoms with Crippen LogP contribution in [0.2, 0.25) is 0 Å². The summed E-state index contributed by atoms with van der Waals surface area (Å²) in [4.78, 5) is -0.347. The lowest BCUT2D eigenvalue weighted by atomic mass is 10.1. The van der Waals surface area contributed by atoms with E-state index in [1.165, 1.54) is 10.4 Å². The molecule has 0 unspecified atom stereocenters. The maximum atomic E-state index is 14.0. The zero-order valence-corrected chi connectivity index (χ0v) is 13.1. The summed E-state index contributed by atoms with van der Waals surface area (Å²) < 4.78 is 45.8. The molecule has 1 aliphatic rings. The fourth-order valence-electron chi connectivity index (χ4n) is 2.48. The molecular weight excluding hydrogens is 295 g/mol. The van der Waals surface area contributed by atoms with Crippen LogP contribution in [0.5, 0.6) is 0 Å². The average molecular weight is 316 g/mol.